The highest BCUT2D eigenvalue weighted by Crippen LogP contribution is 2.25. The molecule has 0 radical (unpaired) electrons. The molecule has 0 N–H and O–H groups in total. The van der Waals surface area contributed by atoms with E-state index in [1.807, 2.05) is 10.7 Å². The van der Waals surface area contributed by atoms with Crippen molar-refractivity contribution in [2.75, 3.05) is 6.61 Å². The van der Waals surface area contributed by atoms with Crippen molar-refractivity contribution in [1.29, 1.82) is 0 Å². The highest BCUT2D eigenvalue weighted by Gasteiger charge is 2.15. The fourth-order valence-corrected chi connectivity index (χ4v) is 1.67. The molecule has 15 heavy (non-hydrogen) atoms. The molecule has 4 heteroatoms. The van der Waals surface area contributed by atoms with Crippen molar-refractivity contribution in [2.45, 2.75) is 6.54 Å². The molecule has 0 saturated carbocycles. The zero-order chi connectivity index (χ0) is 10.3. The highest BCUT2D eigenvalue weighted by atomic mass is 19.1. The van der Waals surface area contributed by atoms with Crippen LogP contribution >= 0.6 is 0 Å². The molecule has 3 rings (SSSR count). The fraction of sp³-hybridized carbons (Fsp3) is 0.182. The Hall–Kier alpha value is -1.84. The maximum absolute atomic E-state index is 12.7. The van der Waals surface area contributed by atoms with Gasteiger partial charge in [-0.3, -0.25) is 0 Å². The molecule has 0 spiro atoms. The first-order valence-electron chi connectivity index (χ1n) is 4.79. The van der Waals surface area contributed by atoms with Gasteiger partial charge >= 0.3 is 0 Å². The second kappa shape index (κ2) is 3.08. The van der Waals surface area contributed by atoms with Crippen molar-refractivity contribution < 1.29 is 9.13 Å². The summed E-state index contributed by atoms with van der Waals surface area (Å²) in [6, 6.07) is 8.17. The smallest absolute Gasteiger partial charge is 0.212 e. The molecule has 0 fully saturated rings. The lowest BCUT2D eigenvalue weighted by molar-refractivity contribution is 0.357. The lowest BCUT2D eigenvalue weighted by Gasteiger charge is -1.96. The quantitative estimate of drug-likeness (QED) is 0.711. The number of hydrogen-bond donors (Lipinski definition) is 0. The molecule has 76 valence electrons. The highest BCUT2D eigenvalue weighted by molar-refractivity contribution is 5.60. The topological polar surface area (TPSA) is 27.1 Å². The minimum Gasteiger partial charge on any atom is -0.476 e. The summed E-state index contributed by atoms with van der Waals surface area (Å²) >= 11 is 0. The first-order valence-corrected chi connectivity index (χ1v) is 4.79. The van der Waals surface area contributed by atoms with Crippen LogP contribution in [0.5, 0.6) is 5.88 Å². The van der Waals surface area contributed by atoms with Crippen LogP contribution in [0.2, 0.25) is 0 Å². The summed E-state index contributed by atoms with van der Waals surface area (Å²) in [5, 5.41) is 4.36. The van der Waals surface area contributed by atoms with Crippen LogP contribution in [0.4, 0.5) is 4.39 Å². The number of hydrogen-bond acceptors (Lipinski definition) is 2. The molecular formula is C11H9FN2O. The van der Waals surface area contributed by atoms with Crippen LogP contribution < -0.4 is 4.74 Å². The Kier molecular flexibility index (Phi) is 1.74. The number of ether oxygens (including phenoxy) is 1. The third-order valence-electron chi connectivity index (χ3n) is 2.44. The zero-order valence-corrected chi connectivity index (χ0v) is 7.98. The van der Waals surface area contributed by atoms with Crippen LogP contribution in [-0.2, 0) is 6.54 Å². The van der Waals surface area contributed by atoms with Crippen molar-refractivity contribution in [3.05, 3.63) is 36.1 Å². The van der Waals surface area contributed by atoms with E-state index in [0.29, 0.717) is 6.61 Å². The Bertz CT molecular complexity index is 468. The number of aromatic nitrogens is 2. The zero-order valence-electron chi connectivity index (χ0n) is 7.98. The molecule has 3 nitrogen and oxygen atoms in total. The molecule has 2 aromatic rings. The van der Waals surface area contributed by atoms with Crippen molar-refractivity contribution >= 4 is 0 Å². The molecule has 1 aromatic heterocycles. The Labute approximate surface area is 86.1 Å². The van der Waals surface area contributed by atoms with Crippen molar-refractivity contribution in [2.24, 2.45) is 0 Å². The molecule has 0 atom stereocenters. The van der Waals surface area contributed by atoms with E-state index in [2.05, 4.69) is 5.10 Å². The number of halogens is 1. The van der Waals surface area contributed by atoms with E-state index in [-0.39, 0.29) is 5.82 Å². The monoisotopic (exact) mass is 204 g/mol. The third-order valence-corrected chi connectivity index (χ3v) is 2.44. The summed E-state index contributed by atoms with van der Waals surface area (Å²) < 4.78 is 19.9. The first kappa shape index (κ1) is 8.47. The van der Waals surface area contributed by atoms with Crippen LogP contribution in [-0.4, -0.2) is 16.4 Å². The molecule has 0 aliphatic carbocycles. The van der Waals surface area contributed by atoms with Gasteiger partial charge in [0.2, 0.25) is 5.88 Å². The van der Waals surface area contributed by atoms with Gasteiger partial charge in [0.25, 0.3) is 0 Å². The second-order valence-corrected chi connectivity index (χ2v) is 3.45. The second-order valence-electron chi connectivity index (χ2n) is 3.45. The maximum Gasteiger partial charge on any atom is 0.212 e. The summed E-state index contributed by atoms with van der Waals surface area (Å²) in [6.07, 6.45) is 0. The van der Waals surface area contributed by atoms with Crippen molar-refractivity contribution in [3.8, 4) is 17.1 Å². The van der Waals surface area contributed by atoms with Gasteiger partial charge < -0.3 is 4.74 Å². The van der Waals surface area contributed by atoms with E-state index in [1.54, 1.807) is 12.1 Å². The minimum absolute atomic E-state index is 0.234. The van der Waals surface area contributed by atoms with E-state index in [4.69, 9.17) is 4.74 Å². The van der Waals surface area contributed by atoms with Gasteiger partial charge in [-0.1, -0.05) is 0 Å². The van der Waals surface area contributed by atoms with E-state index in [9.17, 15) is 4.39 Å². The molecule has 0 saturated heterocycles. The summed E-state index contributed by atoms with van der Waals surface area (Å²) in [4.78, 5) is 0. The lowest BCUT2D eigenvalue weighted by Crippen LogP contribution is -1.95. The predicted molar refractivity (Wildman–Crippen MR) is 53.1 cm³/mol. The molecule has 1 aliphatic rings. The predicted octanol–water partition coefficient (Wildman–Crippen LogP) is 2.08. The Balaban J connectivity index is 2.02. The average molecular weight is 204 g/mol. The van der Waals surface area contributed by atoms with Crippen molar-refractivity contribution in [1.82, 2.24) is 9.78 Å². The lowest BCUT2D eigenvalue weighted by atomic mass is 10.1. The van der Waals surface area contributed by atoms with Crippen LogP contribution in [0.25, 0.3) is 11.3 Å². The molecule has 2 heterocycles. The van der Waals surface area contributed by atoms with Gasteiger partial charge in [0.15, 0.2) is 0 Å². The van der Waals surface area contributed by atoms with Gasteiger partial charge in [-0.25, -0.2) is 9.07 Å². The van der Waals surface area contributed by atoms with Gasteiger partial charge in [-0.15, -0.1) is 0 Å². The summed E-state index contributed by atoms with van der Waals surface area (Å²) in [6.45, 7) is 1.47. The number of benzene rings is 1. The van der Waals surface area contributed by atoms with Crippen LogP contribution in [0.15, 0.2) is 30.3 Å². The Morgan fingerprint density at radius 2 is 2.07 bits per heavy atom. The molecule has 1 aliphatic heterocycles. The van der Waals surface area contributed by atoms with Crippen molar-refractivity contribution in [3.63, 3.8) is 0 Å². The first-order chi connectivity index (χ1) is 7.33. The van der Waals surface area contributed by atoms with Gasteiger partial charge in [0, 0.05) is 11.6 Å². The molecule has 1 aromatic carbocycles. The minimum atomic E-state index is -0.234. The van der Waals surface area contributed by atoms with Gasteiger partial charge in [-0.2, -0.15) is 5.10 Å². The molecule has 0 amide bonds. The van der Waals surface area contributed by atoms with Gasteiger partial charge in [0.1, 0.15) is 12.4 Å². The van der Waals surface area contributed by atoms with E-state index in [0.717, 1.165) is 23.7 Å². The van der Waals surface area contributed by atoms with Gasteiger partial charge in [0.05, 0.1) is 12.2 Å². The number of fused-ring (bicyclic) bond motifs is 1. The number of rotatable bonds is 1. The molecular weight excluding hydrogens is 195 g/mol. The van der Waals surface area contributed by atoms with E-state index >= 15 is 0 Å². The summed E-state index contributed by atoms with van der Waals surface area (Å²) in [5.74, 6) is 0.552. The maximum atomic E-state index is 12.7. The number of nitrogens with zero attached hydrogens (tertiary/aromatic N) is 2. The normalized spacial score (nSPS) is 13.7. The molecule has 0 bridgehead atoms. The van der Waals surface area contributed by atoms with Crippen LogP contribution in [0.3, 0.4) is 0 Å². The average Bonchev–Trinajstić information content (AvgIpc) is 2.78. The van der Waals surface area contributed by atoms with E-state index in [1.165, 1.54) is 12.1 Å². The van der Waals surface area contributed by atoms with Crippen LogP contribution in [0, 0.1) is 5.82 Å². The third kappa shape index (κ3) is 1.38. The van der Waals surface area contributed by atoms with Gasteiger partial charge in [-0.05, 0) is 24.3 Å². The largest absolute Gasteiger partial charge is 0.476 e. The SMILES string of the molecule is Fc1ccc(-c2cc3n(n2)CCO3)cc1. The Morgan fingerprint density at radius 1 is 1.27 bits per heavy atom. The van der Waals surface area contributed by atoms with Crippen LogP contribution in [0.1, 0.15) is 0 Å². The summed E-state index contributed by atoms with van der Waals surface area (Å²) in [7, 11) is 0. The molecule has 0 unspecified atom stereocenters. The standard InChI is InChI=1S/C11H9FN2O/c12-9-3-1-8(2-4-9)10-7-11-14(13-10)5-6-15-11/h1-4,7H,5-6H2. The summed E-state index contributed by atoms with van der Waals surface area (Å²) in [5.41, 5.74) is 1.73. The Morgan fingerprint density at radius 3 is 2.80 bits per heavy atom. The van der Waals surface area contributed by atoms with E-state index < -0.39 is 0 Å². The fourth-order valence-electron chi connectivity index (χ4n) is 1.67.